The van der Waals surface area contributed by atoms with Crippen molar-refractivity contribution in [3.8, 4) is 11.5 Å². The predicted octanol–water partition coefficient (Wildman–Crippen LogP) is 4.30. The Morgan fingerprint density at radius 3 is 2.00 bits per heavy atom. The Hall–Kier alpha value is -2.01. The van der Waals surface area contributed by atoms with Gasteiger partial charge in [-0.25, -0.2) is 0 Å². The zero-order valence-corrected chi connectivity index (χ0v) is 16.0. The summed E-state index contributed by atoms with van der Waals surface area (Å²) in [5, 5.41) is 0. The van der Waals surface area contributed by atoms with Crippen LogP contribution < -0.4 is 9.47 Å². The van der Waals surface area contributed by atoms with E-state index in [1.54, 1.807) is 38.3 Å². The van der Waals surface area contributed by atoms with Gasteiger partial charge in [-0.1, -0.05) is 31.2 Å². The molecule has 0 fully saturated rings. The van der Waals surface area contributed by atoms with E-state index >= 15 is 0 Å². The molecule has 0 N–H and O–H groups in total. The Kier molecular flexibility index (Phi) is 6.26. The Bertz CT molecular complexity index is 688. The highest BCUT2D eigenvalue weighted by molar-refractivity contribution is 9.10. The average Bonchev–Trinajstić information content (AvgIpc) is 2.61. The van der Waals surface area contributed by atoms with Gasteiger partial charge >= 0.3 is 0 Å². The van der Waals surface area contributed by atoms with E-state index in [4.69, 9.17) is 9.47 Å². The molecule has 128 valence electrons. The Balaban J connectivity index is 2.20. The van der Waals surface area contributed by atoms with Gasteiger partial charge in [0.2, 0.25) is 0 Å². The van der Waals surface area contributed by atoms with E-state index in [0.29, 0.717) is 28.1 Å². The molecule has 0 spiro atoms. The second kappa shape index (κ2) is 8.20. The lowest BCUT2D eigenvalue weighted by Crippen LogP contribution is -2.26. The number of ether oxygens (including phenoxy) is 2. The van der Waals surface area contributed by atoms with Gasteiger partial charge in [-0.15, -0.1) is 0 Å². The summed E-state index contributed by atoms with van der Waals surface area (Å²) in [5.74, 6) is 1.05. The molecule has 2 aromatic carbocycles. The van der Waals surface area contributed by atoms with Gasteiger partial charge in [-0.3, -0.25) is 4.79 Å². The van der Waals surface area contributed by atoms with Crippen molar-refractivity contribution in [3.05, 3.63) is 57.6 Å². The number of hydrogen-bond donors (Lipinski definition) is 0. The smallest absolute Gasteiger partial charge is 0.254 e. The molecule has 0 saturated heterocycles. The predicted molar refractivity (Wildman–Crippen MR) is 98.9 cm³/mol. The van der Waals surface area contributed by atoms with Crippen LogP contribution in [0.2, 0.25) is 0 Å². The van der Waals surface area contributed by atoms with Crippen LogP contribution in [0.5, 0.6) is 11.5 Å². The number of carbonyl (C=O) groups excluding carboxylic acids is 1. The quantitative estimate of drug-likeness (QED) is 0.736. The molecule has 5 heteroatoms. The van der Waals surface area contributed by atoms with Gasteiger partial charge in [-0.05, 0) is 45.6 Å². The summed E-state index contributed by atoms with van der Waals surface area (Å²) in [5.41, 5.74) is 2.91. The van der Waals surface area contributed by atoms with Crippen LogP contribution in [0, 0.1) is 0 Å². The molecular formula is C19H22BrNO3. The molecule has 0 aromatic heterocycles. The van der Waals surface area contributed by atoms with Crippen molar-refractivity contribution in [2.24, 2.45) is 0 Å². The van der Waals surface area contributed by atoms with Crippen LogP contribution in [0.4, 0.5) is 0 Å². The minimum atomic E-state index is -0.0846. The van der Waals surface area contributed by atoms with Crippen LogP contribution in [-0.4, -0.2) is 32.1 Å². The maximum absolute atomic E-state index is 12.7. The fraction of sp³-hybridized carbons (Fsp3) is 0.316. The molecule has 4 nitrogen and oxygen atoms in total. The molecular weight excluding hydrogens is 370 g/mol. The van der Waals surface area contributed by atoms with E-state index in [1.165, 1.54) is 5.56 Å². The van der Waals surface area contributed by atoms with E-state index in [0.717, 1.165) is 12.0 Å². The molecule has 0 radical (unpaired) electrons. The zero-order chi connectivity index (χ0) is 17.7. The van der Waals surface area contributed by atoms with Gasteiger partial charge in [0, 0.05) is 19.2 Å². The summed E-state index contributed by atoms with van der Waals surface area (Å²) in [6.45, 7) is 2.67. The lowest BCUT2D eigenvalue weighted by atomic mass is 10.1. The van der Waals surface area contributed by atoms with Crippen LogP contribution in [0.15, 0.2) is 40.9 Å². The van der Waals surface area contributed by atoms with Crippen molar-refractivity contribution in [3.63, 3.8) is 0 Å². The highest BCUT2D eigenvalue weighted by Gasteiger charge is 2.17. The molecule has 0 atom stereocenters. The molecule has 0 saturated carbocycles. The zero-order valence-electron chi connectivity index (χ0n) is 14.4. The van der Waals surface area contributed by atoms with Gasteiger partial charge in [-0.2, -0.15) is 0 Å². The largest absolute Gasteiger partial charge is 0.495 e. The monoisotopic (exact) mass is 391 g/mol. The summed E-state index contributed by atoms with van der Waals surface area (Å²) in [6, 6.07) is 11.7. The SMILES string of the molecule is CCc1ccc(CN(C)C(=O)c2cc(OC)c(Br)c(OC)c2)cc1. The standard InChI is InChI=1S/C19H22BrNO3/c1-5-13-6-8-14(9-7-13)12-21(2)19(22)15-10-16(23-3)18(20)17(11-15)24-4/h6-11H,5,12H2,1-4H3. The lowest BCUT2D eigenvalue weighted by Gasteiger charge is -2.19. The van der Waals surface area contributed by atoms with Gasteiger partial charge in [0.25, 0.3) is 5.91 Å². The summed E-state index contributed by atoms with van der Waals surface area (Å²) in [7, 11) is 4.91. The second-order valence-electron chi connectivity index (χ2n) is 5.53. The Labute approximate surface area is 151 Å². The van der Waals surface area contributed by atoms with Gasteiger partial charge < -0.3 is 14.4 Å². The first kappa shape index (κ1) is 18.3. The molecule has 0 aliphatic heterocycles. The van der Waals surface area contributed by atoms with E-state index in [2.05, 4.69) is 47.1 Å². The van der Waals surface area contributed by atoms with Crippen molar-refractivity contribution >= 4 is 21.8 Å². The van der Waals surface area contributed by atoms with E-state index in [1.807, 2.05) is 0 Å². The first-order chi connectivity index (χ1) is 11.5. The summed E-state index contributed by atoms with van der Waals surface area (Å²) < 4.78 is 11.3. The second-order valence-corrected chi connectivity index (χ2v) is 6.32. The van der Waals surface area contributed by atoms with Crippen LogP contribution in [0.1, 0.15) is 28.4 Å². The minimum Gasteiger partial charge on any atom is -0.495 e. The van der Waals surface area contributed by atoms with Crippen molar-refractivity contribution in [2.75, 3.05) is 21.3 Å². The molecule has 0 unspecified atom stereocenters. The Morgan fingerprint density at radius 1 is 1.04 bits per heavy atom. The van der Waals surface area contributed by atoms with Crippen molar-refractivity contribution < 1.29 is 14.3 Å². The maximum atomic E-state index is 12.7. The topological polar surface area (TPSA) is 38.8 Å². The van der Waals surface area contributed by atoms with Gasteiger partial charge in [0.15, 0.2) is 0 Å². The third-order valence-electron chi connectivity index (χ3n) is 3.89. The van der Waals surface area contributed by atoms with E-state index < -0.39 is 0 Å². The first-order valence-electron chi connectivity index (χ1n) is 7.75. The molecule has 2 rings (SSSR count). The maximum Gasteiger partial charge on any atom is 0.254 e. The van der Waals surface area contributed by atoms with Crippen LogP contribution in [0.3, 0.4) is 0 Å². The fourth-order valence-corrected chi connectivity index (χ4v) is 2.99. The number of benzene rings is 2. The number of carbonyl (C=O) groups is 1. The van der Waals surface area contributed by atoms with Gasteiger partial charge in [0.05, 0.1) is 14.2 Å². The van der Waals surface area contributed by atoms with Crippen LogP contribution >= 0.6 is 15.9 Å². The van der Waals surface area contributed by atoms with E-state index in [9.17, 15) is 4.79 Å². The normalized spacial score (nSPS) is 10.4. The number of hydrogen-bond acceptors (Lipinski definition) is 3. The molecule has 24 heavy (non-hydrogen) atoms. The number of halogens is 1. The molecule has 0 heterocycles. The number of amides is 1. The molecule has 0 aliphatic rings. The molecule has 1 amide bonds. The number of methoxy groups -OCH3 is 2. The number of aryl methyl sites for hydroxylation is 1. The fourth-order valence-electron chi connectivity index (χ4n) is 2.44. The minimum absolute atomic E-state index is 0.0846. The van der Waals surface area contributed by atoms with Crippen LogP contribution in [-0.2, 0) is 13.0 Å². The van der Waals surface area contributed by atoms with E-state index in [-0.39, 0.29) is 5.91 Å². The Morgan fingerprint density at radius 2 is 1.54 bits per heavy atom. The van der Waals surface area contributed by atoms with Crippen molar-refractivity contribution in [1.29, 1.82) is 0 Å². The number of rotatable bonds is 6. The molecule has 0 aliphatic carbocycles. The van der Waals surface area contributed by atoms with Crippen molar-refractivity contribution in [2.45, 2.75) is 19.9 Å². The first-order valence-corrected chi connectivity index (χ1v) is 8.54. The summed E-state index contributed by atoms with van der Waals surface area (Å²) in [4.78, 5) is 14.4. The molecule has 2 aromatic rings. The van der Waals surface area contributed by atoms with Gasteiger partial charge in [0.1, 0.15) is 16.0 Å². The lowest BCUT2D eigenvalue weighted by molar-refractivity contribution is 0.0784. The molecule has 0 bridgehead atoms. The van der Waals surface area contributed by atoms with Crippen LogP contribution in [0.25, 0.3) is 0 Å². The van der Waals surface area contributed by atoms with Crippen molar-refractivity contribution in [1.82, 2.24) is 4.90 Å². The summed E-state index contributed by atoms with van der Waals surface area (Å²) in [6.07, 6.45) is 1.01. The highest BCUT2D eigenvalue weighted by Crippen LogP contribution is 2.35. The number of nitrogens with zero attached hydrogens (tertiary/aromatic N) is 1. The highest BCUT2D eigenvalue weighted by atomic mass is 79.9. The third-order valence-corrected chi connectivity index (χ3v) is 4.67. The average molecular weight is 392 g/mol. The summed E-state index contributed by atoms with van der Waals surface area (Å²) >= 11 is 3.41. The third kappa shape index (κ3) is 4.09.